The fraction of sp³-hybridized carbons (Fsp3) is 0.278. The molecule has 162 valence electrons. The first-order valence-corrected chi connectivity index (χ1v) is 11.6. The number of anilines is 2. The highest BCUT2D eigenvalue weighted by atomic mass is 32.2. The summed E-state index contributed by atoms with van der Waals surface area (Å²) in [6, 6.07) is 8.13. The van der Waals surface area contributed by atoms with Gasteiger partial charge in [-0.15, -0.1) is 0 Å². The Labute approximate surface area is 171 Å². The van der Waals surface area contributed by atoms with Crippen molar-refractivity contribution >= 4 is 37.3 Å². The van der Waals surface area contributed by atoms with E-state index in [-0.39, 0.29) is 22.0 Å². The molecule has 0 aromatic heterocycles. The number of amides is 1. The maximum atomic E-state index is 12.8. The van der Waals surface area contributed by atoms with Gasteiger partial charge in [0.2, 0.25) is 15.9 Å². The van der Waals surface area contributed by atoms with Crippen molar-refractivity contribution in [3.63, 3.8) is 0 Å². The molecule has 1 saturated heterocycles. The Morgan fingerprint density at radius 3 is 2.17 bits per heavy atom. The number of nitrogens with one attached hydrogen (secondary N) is 1. The quantitative estimate of drug-likeness (QED) is 0.752. The number of hydrogen-bond donors (Lipinski definition) is 1. The Kier molecular flexibility index (Phi) is 5.14. The Morgan fingerprint density at radius 2 is 1.67 bits per heavy atom. The van der Waals surface area contributed by atoms with Crippen LogP contribution in [0.25, 0.3) is 0 Å². The van der Waals surface area contributed by atoms with Crippen LogP contribution in [0.15, 0.2) is 53.4 Å². The first kappa shape index (κ1) is 22.1. The second-order valence-electron chi connectivity index (χ2n) is 7.39. The van der Waals surface area contributed by atoms with E-state index in [0.717, 1.165) is 36.4 Å². The maximum absolute atomic E-state index is 12.8. The van der Waals surface area contributed by atoms with Crippen LogP contribution in [0.2, 0.25) is 0 Å². The Hall–Kier alpha value is -2.60. The van der Waals surface area contributed by atoms with Crippen LogP contribution >= 0.6 is 0 Å². The van der Waals surface area contributed by atoms with Crippen LogP contribution in [0.1, 0.15) is 19.4 Å². The molecule has 30 heavy (non-hydrogen) atoms. The normalized spacial score (nSPS) is 18.4. The molecule has 1 amide bonds. The van der Waals surface area contributed by atoms with Crippen molar-refractivity contribution in [3.05, 3.63) is 54.1 Å². The minimum absolute atomic E-state index is 0.0245. The third-order valence-electron chi connectivity index (χ3n) is 4.41. The Morgan fingerprint density at radius 1 is 1.07 bits per heavy atom. The molecular weight excluding hydrogens is 445 g/mol. The van der Waals surface area contributed by atoms with Crippen LogP contribution in [-0.4, -0.2) is 28.5 Å². The van der Waals surface area contributed by atoms with E-state index in [4.69, 9.17) is 0 Å². The predicted octanol–water partition coefficient (Wildman–Crippen LogP) is 3.21. The van der Waals surface area contributed by atoms with Gasteiger partial charge in [0.25, 0.3) is 10.0 Å². The summed E-state index contributed by atoms with van der Waals surface area (Å²) >= 11 is 0. The highest BCUT2D eigenvalue weighted by Crippen LogP contribution is 2.36. The van der Waals surface area contributed by atoms with Crippen LogP contribution in [0.5, 0.6) is 0 Å². The smallest absolute Gasteiger partial charge is 0.280 e. The van der Waals surface area contributed by atoms with Crippen LogP contribution in [-0.2, 0) is 31.0 Å². The lowest BCUT2D eigenvalue weighted by atomic mass is 9.95. The molecule has 7 nitrogen and oxygen atoms in total. The van der Waals surface area contributed by atoms with Crippen LogP contribution in [0.3, 0.4) is 0 Å². The molecule has 1 heterocycles. The maximum Gasteiger partial charge on any atom is 0.416 e. The third kappa shape index (κ3) is 4.15. The largest absolute Gasteiger partial charge is 0.416 e. The fourth-order valence-corrected chi connectivity index (χ4v) is 6.15. The molecule has 0 bridgehead atoms. The SMILES string of the molecule is CC1(C)CS(=O)(=O)N(c2ccc(S(=O)(=O)Nc3cccc(C(F)(F)F)c3)cc2)C1=O. The van der Waals surface area contributed by atoms with Gasteiger partial charge in [-0.2, -0.15) is 13.2 Å². The first-order chi connectivity index (χ1) is 13.6. The fourth-order valence-electron chi connectivity index (χ4n) is 3.00. The van der Waals surface area contributed by atoms with Gasteiger partial charge in [0.15, 0.2) is 0 Å². The van der Waals surface area contributed by atoms with E-state index >= 15 is 0 Å². The van der Waals surface area contributed by atoms with Crippen molar-refractivity contribution in [2.45, 2.75) is 24.9 Å². The lowest BCUT2D eigenvalue weighted by Gasteiger charge is -2.18. The lowest BCUT2D eigenvalue weighted by molar-refractivity contribution is -0.137. The van der Waals surface area contributed by atoms with E-state index in [1.807, 2.05) is 4.72 Å². The van der Waals surface area contributed by atoms with Gasteiger partial charge in [-0.1, -0.05) is 6.07 Å². The molecule has 2 aromatic carbocycles. The number of rotatable bonds is 4. The van der Waals surface area contributed by atoms with Crippen molar-refractivity contribution in [1.82, 2.24) is 0 Å². The Balaban J connectivity index is 1.89. The number of halogens is 3. The summed E-state index contributed by atoms with van der Waals surface area (Å²) < 4.78 is 90.7. The number of benzene rings is 2. The molecule has 0 spiro atoms. The molecule has 12 heteroatoms. The van der Waals surface area contributed by atoms with Crippen LogP contribution in [0, 0.1) is 5.41 Å². The number of carbonyl (C=O) groups is 1. The van der Waals surface area contributed by atoms with Gasteiger partial charge in [-0.3, -0.25) is 9.52 Å². The van der Waals surface area contributed by atoms with Crippen LogP contribution < -0.4 is 9.03 Å². The number of carbonyl (C=O) groups excluding carboxylic acids is 1. The van der Waals surface area contributed by atoms with Crippen molar-refractivity contribution in [1.29, 1.82) is 0 Å². The zero-order valence-corrected chi connectivity index (χ0v) is 17.4. The number of sulfonamides is 2. The van der Waals surface area contributed by atoms with Gasteiger partial charge in [-0.05, 0) is 56.3 Å². The number of hydrogen-bond acceptors (Lipinski definition) is 5. The first-order valence-electron chi connectivity index (χ1n) is 8.51. The predicted molar refractivity (Wildman–Crippen MR) is 104 cm³/mol. The van der Waals surface area contributed by atoms with Gasteiger partial charge >= 0.3 is 6.18 Å². The van der Waals surface area contributed by atoms with E-state index in [1.165, 1.54) is 19.9 Å². The van der Waals surface area contributed by atoms with E-state index in [1.54, 1.807) is 0 Å². The van der Waals surface area contributed by atoms with Crippen molar-refractivity contribution in [2.75, 3.05) is 14.8 Å². The molecule has 0 aliphatic carbocycles. The standard InChI is InChI=1S/C18H17F3N2O5S2/c1-17(2)11-29(25,26)23(16(17)24)14-6-8-15(9-7-14)30(27,28)22-13-5-3-4-12(10-13)18(19,20)21/h3-10,22H,11H2,1-2H3. The topological polar surface area (TPSA) is 101 Å². The molecule has 1 aliphatic heterocycles. The average Bonchev–Trinajstić information content (AvgIpc) is 2.77. The van der Waals surface area contributed by atoms with E-state index < -0.39 is 43.1 Å². The molecular formula is C18H17F3N2O5S2. The summed E-state index contributed by atoms with van der Waals surface area (Å²) in [7, 11) is -8.15. The van der Waals surface area contributed by atoms with E-state index in [9.17, 15) is 34.8 Å². The third-order valence-corrected chi connectivity index (χ3v) is 7.83. The minimum Gasteiger partial charge on any atom is -0.280 e. The average molecular weight is 462 g/mol. The molecule has 1 fully saturated rings. The molecule has 3 rings (SSSR count). The van der Waals surface area contributed by atoms with Crippen molar-refractivity contribution in [2.24, 2.45) is 5.41 Å². The molecule has 2 aromatic rings. The van der Waals surface area contributed by atoms with E-state index in [2.05, 4.69) is 0 Å². The Bertz CT molecular complexity index is 1210. The van der Waals surface area contributed by atoms with E-state index in [0.29, 0.717) is 10.4 Å². The molecule has 1 aliphatic rings. The zero-order valence-electron chi connectivity index (χ0n) is 15.8. The molecule has 0 atom stereocenters. The summed E-state index contributed by atoms with van der Waals surface area (Å²) in [4.78, 5) is 12.1. The summed E-state index contributed by atoms with van der Waals surface area (Å²) in [5.41, 5.74) is -2.44. The highest BCUT2D eigenvalue weighted by molar-refractivity contribution is 7.94. The summed E-state index contributed by atoms with van der Waals surface area (Å²) in [6.45, 7) is 2.98. The summed E-state index contributed by atoms with van der Waals surface area (Å²) in [5.74, 6) is -1.02. The summed E-state index contributed by atoms with van der Waals surface area (Å²) in [5, 5.41) is 0. The molecule has 0 saturated carbocycles. The van der Waals surface area contributed by atoms with Gasteiger partial charge in [0, 0.05) is 5.69 Å². The monoisotopic (exact) mass is 462 g/mol. The zero-order chi connectivity index (χ0) is 22.5. The second kappa shape index (κ2) is 6.98. The second-order valence-corrected chi connectivity index (χ2v) is 10.9. The van der Waals surface area contributed by atoms with Gasteiger partial charge < -0.3 is 0 Å². The minimum atomic E-state index is -4.63. The summed E-state index contributed by atoms with van der Waals surface area (Å²) in [6.07, 6.45) is -4.63. The molecule has 0 unspecified atom stereocenters. The van der Waals surface area contributed by atoms with Gasteiger partial charge in [-0.25, -0.2) is 21.1 Å². The highest BCUT2D eigenvalue weighted by Gasteiger charge is 2.49. The lowest BCUT2D eigenvalue weighted by Crippen LogP contribution is -2.32. The molecule has 0 radical (unpaired) electrons. The van der Waals surface area contributed by atoms with Crippen molar-refractivity contribution < 1.29 is 34.8 Å². The molecule has 1 N–H and O–H groups in total. The van der Waals surface area contributed by atoms with Gasteiger partial charge in [0.1, 0.15) is 0 Å². The van der Waals surface area contributed by atoms with Crippen molar-refractivity contribution in [3.8, 4) is 0 Å². The number of nitrogens with zero attached hydrogens (tertiary/aromatic N) is 1. The van der Waals surface area contributed by atoms with Gasteiger partial charge in [0.05, 0.1) is 27.3 Å². The number of alkyl halides is 3. The van der Waals surface area contributed by atoms with Crippen LogP contribution in [0.4, 0.5) is 24.5 Å².